The van der Waals surface area contributed by atoms with Crippen molar-refractivity contribution >= 4 is 17.7 Å². The van der Waals surface area contributed by atoms with Gasteiger partial charge in [-0.25, -0.2) is 4.68 Å². The van der Waals surface area contributed by atoms with E-state index in [0.717, 1.165) is 18.4 Å². The Morgan fingerprint density at radius 2 is 2.08 bits per heavy atom. The molecule has 0 spiro atoms. The van der Waals surface area contributed by atoms with E-state index in [1.807, 2.05) is 17.0 Å². The lowest BCUT2D eigenvalue weighted by Gasteiger charge is -2.39. The van der Waals surface area contributed by atoms with E-state index in [-0.39, 0.29) is 5.91 Å². The van der Waals surface area contributed by atoms with Gasteiger partial charge in [-0.2, -0.15) is 0 Å². The van der Waals surface area contributed by atoms with Crippen molar-refractivity contribution in [2.45, 2.75) is 50.4 Å². The van der Waals surface area contributed by atoms with Crippen molar-refractivity contribution in [3.05, 3.63) is 24.5 Å². The molecule has 0 aliphatic carbocycles. The molecule has 2 aromatic heterocycles. The molecule has 0 bridgehead atoms. The first-order chi connectivity index (χ1) is 11.6. The van der Waals surface area contributed by atoms with E-state index >= 15 is 0 Å². The molecule has 128 valence electrons. The lowest BCUT2D eigenvalue weighted by atomic mass is 9.98. The molecule has 1 fully saturated rings. The molecule has 0 radical (unpaired) electrons. The largest absolute Gasteiger partial charge is 0.337 e. The van der Waals surface area contributed by atoms with Crippen LogP contribution in [0, 0.1) is 0 Å². The molecule has 2 aromatic rings. The summed E-state index contributed by atoms with van der Waals surface area (Å²) < 4.78 is 1.41. The average molecular weight is 346 g/mol. The van der Waals surface area contributed by atoms with Gasteiger partial charge in [-0.3, -0.25) is 9.78 Å². The number of rotatable bonds is 4. The van der Waals surface area contributed by atoms with Gasteiger partial charge in [-0.15, -0.1) is 10.2 Å². The summed E-state index contributed by atoms with van der Waals surface area (Å²) in [5.41, 5.74) is 0.795. The number of nitrogens with zero attached hydrogens (tertiary/aromatic N) is 5. The van der Waals surface area contributed by atoms with Crippen molar-refractivity contribution in [1.82, 2.24) is 24.8 Å². The molecule has 1 amide bonds. The highest BCUT2D eigenvalue weighted by Crippen LogP contribution is 2.25. The molecule has 0 unspecified atom stereocenters. The third kappa shape index (κ3) is 3.38. The third-order valence-corrected chi connectivity index (χ3v) is 5.32. The highest BCUT2D eigenvalue weighted by Gasteiger charge is 2.29. The van der Waals surface area contributed by atoms with Crippen LogP contribution in [0.25, 0.3) is 11.4 Å². The zero-order chi connectivity index (χ0) is 17.1. The number of carbonyl (C=O) groups excluding carboxylic acids is 1. The number of piperidine rings is 1. The molecule has 3 rings (SSSR count). The van der Waals surface area contributed by atoms with Crippen molar-refractivity contribution in [3.8, 4) is 11.4 Å². The van der Waals surface area contributed by atoms with Gasteiger partial charge in [0.05, 0.1) is 5.75 Å². The molecular formula is C16H22N6OS. The van der Waals surface area contributed by atoms with Crippen LogP contribution in [0.4, 0.5) is 0 Å². The minimum absolute atomic E-state index is 0.130. The zero-order valence-electron chi connectivity index (χ0n) is 13.9. The van der Waals surface area contributed by atoms with Crippen LogP contribution in [0.15, 0.2) is 29.7 Å². The monoisotopic (exact) mass is 346 g/mol. The second-order valence-corrected chi connectivity index (χ2v) is 7.08. The second kappa shape index (κ2) is 7.21. The van der Waals surface area contributed by atoms with Gasteiger partial charge in [-0.1, -0.05) is 11.8 Å². The maximum atomic E-state index is 12.6. The van der Waals surface area contributed by atoms with E-state index in [1.54, 1.807) is 12.4 Å². The van der Waals surface area contributed by atoms with E-state index in [0.29, 0.717) is 28.8 Å². The molecule has 1 aliphatic heterocycles. The summed E-state index contributed by atoms with van der Waals surface area (Å²) in [7, 11) is 0. The van der Waals surface area contributed by atoms with E-state index in [1.165, 1.54) is 22.9 Å². The fraction of sp³-hybridized carbons (Fsp3) is 0.500. The van der Waals surface area contributed by atoms with Crippen molar-refractivity contribution in [2.24, 2.45) is 0 Å². The predicted molar refractivity (Wildman–Crippen MR) is 93.7 cm³/mol. The minimum atomic E-state index is 0.130. The number of aromatic nitrogens is 4. The fourth-order valence-corrected chi connectivity index (χ4v) is 3.91. The van der Waals surface area contributed by atoms with Crippen molar-refractivity contribution in [2.75, 3.05) is 11.6 Å². The number of amides is 1. The first kappa shape index (κ1) is 16.8. The smallest absolute Gasteiger partial charge is 0.233 e. The number of thioether (sulfide) groups is 1. The lowest BCUT2D eigenvalue weighted by molar-refractivity contribution is -0.134. The molecule has 0 aromatic carbocycles. The van der Waals surface area contributed by atoms with Crippen LogP contribution >= 0.6 is 11.8 Å². The lowest BCUT2D eigenvalue weighted by Crippen LogP contribution is -2.48. The third-order valence-electron chi connectivity index (χ3n) is 4.39. The number of pyridine rings is 1. The van der Waals surface area contributed by atoms with Gasteiger partial charge in [0, 0.05) is 30.0 Å². The van der Waals surface area contributed by atoms with Crippen LogP contribution in [0.5, 0.6) is 0 Å². The molecule has 2 atom stereocenters. The van der Waals surface area contributed by atoms with Crippen LogP contribution in [0.3, 0.4) is 0 Å². The molecule has 8 heteroatoms. The van der Waals surface area contributed by atoms with Crippen LogP contribution in [0.2, 0.25) is 0 Å². The summed E-state index contributed by atoms with van der Waals surface area (Å²) in [6, 6.07) is 4.28. The molecular weight excluding hydrogens is 324 g/mol. The maximum absolute atomic E-state index is 12.6. The van der Waals surface area contributed by atoms with Gasteiger partial charge in [0.15, 0.2) is 5.82 Å². The van der Waals surface area contributed by atoms with Gasteiger partial charge >= 0.3 is 0 Å². The summed E-state index contributed by atoms with van der Waals surface area (Å²) in [5.74, 6) is 7.06. The predicted octanol–water partition coefficient (Wildman–Crippen LogP) is 1.94. The van der Waals surface area contributed by atoms with Gasteiger partial charge in [0.2, 0.25) is 11.1 Å². The SMILES string of the molecule is C[C@@H]1CCC[C@@H](C)N1C(=O)CSc1nnc(-c2cccnc2)n1N. The summed E-state index contributed by atoms with van der Waals surface area (Å²) in [6.45, 7) is 4.23. The summed E-state index contributed by atoms with van der Waals surface area (Å²) in [6.07, 6.45) is 6.70. The number of hydrogen-bond donors (Lipinski definition) is 1. The maximum Gasteiger partial charge on any atom is 0.233 e. The van der Waals surface area contributed by atoms with E-state index in [4.69, 9.17) is 5.84 Å². The zero-order valence-corrected chi connectivity index (χ0v) is 14.7. The van der Waals surface area contributed by atoms with Crippen molar-refractivity contribution < 1.29 is 4.79 Å². The molecule has 0 saturated carbocycles. The Morgan fingerprint density at radius 3 is 2.75 bits per heavy atom. The molecule has 2 N–H and O–H groups in total. The molecule has 24 heavy (non-hydrogen) atoms. The quantitative estimate of drug-likeness (QED) is 0.672. The number of nitrogen functional groups attached to an aromatic ring is 1. The second-order valence-electron chi connectivity index (χ2n) is 6.14. The minimum Gasteiger partial charge on any atom is -0.337 e. The highest BCUT2D eigenvalue weighted by atomic mass is 32.2. The Morgan fingerprint density at radius 1 is 1.33 bits per heavy atom. The normalized spacial score (nSPS) is 21.0. The Bertz CT molecular complexity index is 694. The molecule has 1 aliphatic rings. The number of hydrogen-bond acceptors (Lipinski definition) is 6. The summed E-state index contributed by atoms with van der Waals surface area (Å²) in [5, 5.41) is 8.74. The molecule has 1 saturated heterocycles. The van der Waals surface area contributed by atoms with Crippen LogP contribution in [-0.2, 0) is 4.79 Å². The number of likely N-dealkylation sites (tertiary alicyclic amines) is 1. The van der Waals surface area contributed by atoms with Crippen LogP contribution in [0.1, 0.15) is 33.1 Å². The van der Waals surface area contributed by atoms with Crippen LogP contribution < -0.4 is 5.84 Å². The van der Waals surface area contributed by atoms with Gasteiger partial charge in [0.1, 0.15) is 0 Å². The Labute approximate surface area is 145 Å². The number of nitrogens with two attached hydrogens (primary N) is 1. The average Bonchev–Trinajstić information content (AvgIpc) is 2.94. The highest BCUT2D eigenvalue weighted by molar-refractivity contribution is 7.99. The molecule has 7 nitrogen and oxygen atoms in total. The van der Waals surface area contributed by atoms with E-state index in [9.17, 15) is 4.79 Å². The Hall–Kier alpha value is -2.09. The first-order valence-electron chi connectivity index (χ1n) is 8.12. The van der Waals surface area contributed by atoms with Gasteiger partial charge < -0.3 is 10.7 Å². The van der Waals surface area contributed by atoms with Crippen LogP contribution in [-0.4, -0.2) is 48.5 Å². The van der Waals surface area contributed by atoms with Gasteiger partial charge in [-0.05, 0) is 45.2 Å². The van der Waals surface area contributed by atoms with Crippen molar-refractivity contribution in [3.63, 3.8) is 0 Å². The Kier molecular flexibility index (Phi) is 5.03. The van der Waals surface area contributed by atoms with E-state index < -0.39 is 0 Å². The van der Waals surface area contributed by atoms with Crippen molar-refractivity contribution in [1.29, 1.82) is 0 Å². The van der Waals surface area contributed by atoms with E-state index in [2.05, 4.69) is 29.0 Å². The number of carbonyl (C=O) groups is 1. The Balaban J connectivity index is 1.67. The molecule has 3 heterocycles. The summed E-state index contributed by atoms with van der Waals surface area (Å²) in [4.78, 5) is 18.6. The standard InChI is InChI=1S/C16H22N6OS/c1-11-5-3-6-12(2)21(11)14(23)10-24-16-20-19-15(22(16)17)13-7-4-8-18-9-13/h4,7-9,11-12H,3,5-6,10,17H2,1-2H3/t11-,12-/m1/s1. The first-order valence-corrected chi connectivity index (χ1v) is 9.11. The fourth-order valence-electron chi connectivity index (χ4n) is 3.18. The van der Waals surface area contributed by atoms with Gasteiger partial charge in [0.25, 0.3) is 0 Å². The summed E-state index contributed by atoms with van der Waals surface area (Å²) >= 11 is 1.32. The topological polar surface area (TPSA) is 89.9 Å².